The van der Waals surface area contributed by atoms with Crippen LogP contribution in [-0.4, -0.2) is 32.0 Å². The summed E-state index contributed by atoms with van der Waals surface area (Å²) in [5.74, 6) is -0.823. The molecule has 10 heteroatoms. The second-order valence-corrected chi connectivity index (χ2v) is 5.57. The van der Waals surface area contributed by atoms with Gasteiger partial charge in [-0.3, -0.25) is 14.7 Å². The Bertz CT molecular complexity index is 909. The molecule has 0 radical (unpaired) electrons. The maximum Gasteiger partial charge on any atom is 0.296 e. The zero-order valence-corrected chi connectivity index (χ0v) is 14.0. The van der Waals surface area contributed by atoms with Crippen LogP contribution in [0.15, 0.2) is 42.9 Å². The largest absolute Gasteiger partial charge is 0.322 e. The van der Waals surface area contributed by atoms with Crippen LogP contribution in [0.2, 0.25) is 10.0 Å². The monoisotopic (exact) mass is 376 g/mol. The maximum absolute atomic E-state index is 12.4. The van der Waals surface area contributed by atoms with Crippen molar-refractivity contribution in [2.75, 3.05) is 10.6 Å². The number of halogens is 2. The molecule has 3 N–H and O–H groups in total. The molecule has 126 valence electrons. The van der Waals surface area contributed by atoms with Crippen LogP contribution in [0.1, 0.15) is 21.0 Å². The van der Waals surface area contributed by atoms with Crippen LogP contribution in [0.3, 0.4) is 0 Å². The minimum Gasteiger partial charge on any atom is -0.322 e. The minimum absolute atomic E-state index is 0.0286. The number of rotatable bonds is 4. The molecule has 2 amide bonds. The van der Waals surface area contributed by atoms with Gasteiger partial charge in [0.15, 0.2) is 0 Å². The molecule has 8 nitrogen and oxygen atoms in total. The van der Waals surface area contributed by atoms with Crippen LogP contribution in [0, 0.1) is 0 Å². The lowest BCUT2D eigenvalue weighted by molar-refractivity contribution is 0.101. The molecule has 0 fully saturated rings. The number of aromatic amines is 1. The zero-order valence-electron chi connectivity index (χ0n) is 12.5. The van der Waals surface area contributed by atoms with E-state index in [0.29, 0.717) is 5.69 Å². The average Bonchev–Trinajstić information content (AvgIpc) is 3.09. The molecule has 0 unspecified atom stereocenters. The van der Waals surface area contributed by atoms with E-state index in [9.17, 15) is 9.59 Å². The molecule has 0 aliphatic heterocycles. The Hall–Kier alpha value is -2.97. The Labute approximate surface area is 151 Å². The number of hydrogen-bond donors (Lipinski definition) is 3. The van der Waals surface area contributed by atoms with Crippen molar-refractivity contribution in [2.24, 2.45) is 0 Å². The van der Waals surface area contributed by atoms with Crippen LogP contribution in [0.25, 0.3) is 0 Å². The number of nitrogens with zero attached hydrogens (tertiary/aromatic N) is 3. The lowest BCUT2D eigenvalue weighted by atomic mass is 10.2. The van der Waals surface area contributed by atoms with E-state index in [1.165, 1.54) is 18.6 Å². The summed E-state index contributed by atoms with van der Waals surface area (Å²) in [6.45, 7) is 0. The van der Waals surface area contributed by atoms with Crippen molar-refractivity contribution in [3.05, 3.63) is 64.3 Å². The van der Waals surface area contributed by atoms with Gasteiger partial charge in [-0.25, -0.2) is 9.97 Å². The van der Waals surface area contributed by atoms with Crippen LogP contribution in [0.4, 0.5) is 11.5 Å². The molecule has 2 aromatic heterocycles. The number of pyridine rings is 1. The Morgan fingerprint density at radius 3 is 2.44 bits per heavy atom. The quantitative estimate of drug-likeness (QED) is 0.647. The van der Waals surface area contributed by atoms with Crippen LogP contribution < -0.4 is 10.6 Å². The maximum atomic E-state index is 12.4. The van der Waals surface area contributed by atoms with Gasteiger partial charge in [0.25, 0.3) is 11.8 Å². The van der Waals surface area contributed by atoms with Gasteiger partial charge in [0.05, 0.1) is 15.6 Å². The lowest BCUT2D eigenvalue weighted by Crippen LogP contribution is -2.16. The standard InChI is InChI=1S/C15H10Cl2N6O2/c16-9-2-1-3-10(17)12(9)14(24)21-8-4-5-18-11(6-8)22-15(25)13-19-7-20-23-13/h1-7H,(H,19,20,23)(H2,18,21,22,24,25). The van der Waals surface area contributed by atoms with E-state index in [-0.39, 0.29) is 27.3 Å². The van der Waals surface area contributed by atoms with Crippen molar-refractivity contribution < 1.29 is 9.59 Å². The summed E-state index contributed by atoms with van der Waals surface area (Å²) in [5, 5.41) is 11.7. The van der Waals surface area contributed by atoms with E-state index >= 15 is 0 Å². The number of anilines is 2. The first kappa shape index (κ1) is 16.9. The smallest absolute Gasteiger partial charge is 0.296 e. The summed E-state index contributed by atoms with van der Waals surface area (Å²) in [4.78, 5) is 32.0. The highest BCUT2D eigenvalue weighted by molar-refractivity contribution is 6.40. The zero-order chi connectivity index (χ0) is 17.8. The number of aromatic nitrogens is 4. The molecule has 0 spiro atoms. The molecule has 1 aromatic carbocycles. The molecule has 0 bridgehead atoms. The fourth-order valence-electron chi connectivity index (χ4n) is 1.98. The predicted octanol–water partition coefficient (Wildman–Crippen LogP) is 3.01. The van der Waals surface area contributed by atoms with Crippen molar-refractivity contribution in [3.8, 4) is 0 Å². The average molecular weight is 377 g/mol. The van der Waals surface area contributed by atoms with Crippen molar-refractivity contribution in [1.29, 1.82) is 0 Å². The summed E-state index contributed by atoms with van der Waals surface area (Å²) in [6, 6.07) is 7.82. The van der Waals surface area contributed by atoms with Gasteiger partial charge in [-0.1, -0.05) is 29.3 Å². The van der Waals surface area contributed by atoms with E-state index in [2.05, 4.69) is 30.8 Å². The van der Waals surface area contributed by atoms with Gasteiger partial charge < -0.3 is 10.6 Å². The fourth-order valence-corrected chi connectivity index (χ4v) is 2.54. The third kappa shape index (κ3) is 3.93. The van der Waals surface area contributed by atoms with Crippen LogP contribution >= 0.6 is 23.2 Å². The van der Waals surface area contributed by atoms with E-state index in [1.54, 1.807) is 24.3 Å². The lowest BCUT2D eigenvalue weighted by Gasteiger charge is -2.09. The molecule has 0 aliphatic rings. The number of hydrogen-bond acceptors (Lipinski definition) is 5. The van der Waals surface area contributed by atoms with E-state index in [0.717, 1.165) is 0 Å². The van der Waals surface area contributed by atoms with Gasteiger partial charge in [-0.15, -0.1) is 5.10 Å². The van der Waals surface area contributed by atoms with E-state index < -0.39 is 11.8 Å². The van der Waals surface area contributed by atoms with Gasteiger partial charge in [-0.2, -0.15) is 0 Å². The van der Waals surface area contributed by atoms with Crippen molar-refractivity contribution in [2.45, 2.75) is 0 Å². The highest BCUT2D eigenvalue weighted by Gasteiger charge is 2.15. The number of H-pyrrole nitrogens is 1. The van der Waals surface area contributed by atoms with Gasteiger partial charge in [-0.05, 0) is 18.2 Å². The molecular weight excluding hydrogens is 367 g/mol. The Morgan fingerprint density at radius 1 is 1.00 bits per heavy atom. The Morgan fingerprint density at radius 2 is 1.76 bits per heavy atom. The second-order valence-electron chi connectivity index (χ2n) is 4.76. The summed E-state index contributed by atoms with van der Waals surface area (Å²) >= 11 is 12.0. The molecule has 0 saturated heterocycles. The van der Waals surface area contributed by atoms with Crippen molar-refractivity contribution in [3.63, 3.8) is 0 Å². The summed E-state index contributed by atoms with van der Waals surface area (Å²) in [5.41, 5.74) is 0.565. The third-order valence-electron chi connectivity index (χ3n) is 3.07. The Balaban J connectivity index is 1.76. The van der Waals surface area contributed by atoms with Gasteiger partial charge in [0, 0.05) is 18.0 Å². The number of carbonyl (C=O) groups is 2. The Kier molecular flexibility index (Phi) is 4.92. The number of amides is 2. The van der Waals surface area contributed by atoms with Crippen LogP contribution in [0.5, 0.6) is 0 Å². The molecule has 0 atom stereocenters. The first-order valence-electron chi connectivity index (χ1n) is 6.93. The first-order valence-corrected chi connectivity index (χ1v) is 7.69. The summed E-state index contributed by atoms with van der Waals surface area (Å²) in [6.07, 6.45) is 2.71. The molecule has 0 aliphatic carbocycles. The predicted molar refractivity (Wildman–Crippen MR) is 93.0 cm³/mol. The normalized spacial score (nSPS) is 10.3. The molecular formula is C15H10Cl2N6O2. The number of carbonyl (C=O) groups excluding carboxylic acids is 2. The highest BCUT2D eigenvalue weighted by atomic mass is 35.5. The van der Waals surface area contributed by atoms with Crippen LogP contribution in [-0.2, 0) is 0 Å². The number of nitrogens with one attached hydrogen (secondary N) is 3. The molecule has 0 saturated carbocycles. The molecule has 3 rings (SSSR count). The van der Waals surface area contributed by atoms with Gasteiger partial charge >= 0.3 is 0 Å². The molecule has 2 heterocycles. The highest BCUT2D eigenvalue weighted by Crippen LogP contribution is 2.25. The van der Waals surface area contributed by atoms with Crippen molar-refractivity contribution in [1.82, 2.24) is 20.2 Å². The summed E-state index contributed by atoms with van der Waals surface area (Å²) < 4.78 is 0. The SMILES string of the molecule is O=C(Nc1cc(NC(=O)c2c(Cl)cccc2Cl)ccn1)c1nc[nH]n1. The van der Waals surface area contributed by atoms with Gasteiger partial charge in [0.2, 0.25) is 5.82 Å². The summed E-state index contributed by atoms with van der Waals surface area (Å²) in [7, 11) is 0. The second kappa shape index (κ2) is 7.29. The minimum atomic E-state index is -0.536. The van der Waals surface area contributed by atoms with Gasteiger partial charge in [0.1, 0.15) is 12.1 Å². The topological polar surface area (TPSA) is 113 Å². The van der Waals surface area contributed by atoms with E-state index in [4.69, 9.17) is 23.2 Å². The first-order chi connectivity index (χ1) is 12.0. The third-order valence-corrected chi connectivity index (χ3v) is 3.70. The fraction of sp³-hybridized carbons (Fsp3) is 0. The molecule has 3 aromatic rings. The number of benzene rings is 1. The van der Waals surface area contributed by atoms with Crippen molar-refractivity contribution >= 4 is 46.5 Å². The van der Waals surface area contributed by atoms with E-state index in [1.807, 2.05) is 0 Å². The molecule has 25 heavy (non-hydrogen) atoms.